The highest BCUT2D eigenvalue weighted by molar-refractivity contribution is 7.07. The molecule has 0 aliphatic carbocycles. The van der Waals surface area contributed by atoms with Gasteiger partial charge in [0, 0.05) is 5.56 Å². The highest BCUT2D eigenvalue weighted by Crippen LogP contribution is 2.18. The van der Waals surface area contributed by atoms with Gasteiger partial charge in [-0.2, -0.15) is 11.3 Å². The fourth-order valence-electron chi connectivity index (χ4n) is 1.02. The second-order valence-corrected chi connectivity index (χ2v) is 3.22. The first kappa shape index (κ1) is 6.82. The molecule has 1 aliphatic rings. The molecular weight excluding hydrogens is 158 g/mol. The maximum absolute atomic E-state index is 4.33. The van der Waals surface area contributed by atoms with Crippen LogP contribution in [0.3, 0.4) is 0 Å². The second kappa shape index (κ2) is 2.64. The minimum atomic E-state index is 0.112. The highest BCUT2D eigenvalue weighted by Gasteiger charge is 2.14. The van der Waals surface area contributed by atoms with Gasteiger partial charge >= 0.3 is 0 Å². The summed E-state index contributed by atoms with van der Waals surface area (Å²) in [5.41, 5.74) is 7.25. The van der Waals surface area contributed by atoms with Gasteiger partial charge in [-0.25, -0.2) is 10.4 Å². The zero-order valence-corrected chi connectivity index (χ0v) is 6.98. The molecule has 1 aliphatic heterocycles. The summed E-state index contributed by atoms with van der Waals surface area (Å²) in [5.74, 6) is 0.946. The van der Waals surface area contributed by atoms with Gasteiger partial charge in [-0.15, -0.1) is 0 Å². The number of amidine groups is 1. The van der Waals surface area contributed by atoms with Crippen LogP contribution in [0.15, 0.2) is 21.8 Å². The molecule has 3 nitrogen and oxygen atoms in total. The Morgan fingerprint density at radius 2 is 2.55 bits per heavy atom. The molecule has 0 amide bonds. The molecule has 11 heavy (non-hydrogen) atoms. The van der Waals surface area contributed by atoms with Crippen molar-refractivity contribution in [2.75, 3.05) is 0 Å². The van der Waals surface area contributed by atoms with Crippen molar-refractivity contribution in [1.29, 1.82) is 0 Å². The van der Waals surface area contributed by atoms with Crippen LogP contribution in [-0.4, -0.2) is 5.84 Å². The van der Waals surface area contributed by atoms with Crippen LogP contribution in [0.1, 0.15) is 18.7 Å². The molecule has 0 radical (unpaired) electrons. The Morgan fingerprint density at radius 3 is 3.09 bits per heavy atom. The number of hydrogen-bond acceptors (Lipinski definition) is 4. The van der Waals surface area contributed by atoms with Gasteiger partial charge in [0.2, 0.25) is 0 Å². The lowest BCUT2D eigenvalue weighted by Crippen LogP contribution is -2.29. The third-order valence-electron chi connectivity index (χ3n) is 1.57. The fraction of sp³-hybridized carbons (Fsp3) is 0.286. The molecule has 0 aromatic carbocycles. The maximum atomic E-state index is 4.33. The van der Waals surface area contributed by atoms with Gasteiger partial charge in [-0.05, 0) is 23.8 Å². The minimum absolute atomic E-state index is 0.112. The molecule has 1 atom stereocenters. The van der Waals surface area contributed by atoms with Crippen LogP contribution in [0.25, 0.3) is 0 Å². The van der Waals surface area contributed by atoms with E-state index in [0.29, 0.717) is 0 Å². The maximum Gasteiger partial charge on any atom is 0.144 e. The van der Waals surface area contributed by atoms with Crippen molar-refractivity contribution < 1.29 is 0 Å². The molecule has 0 spiro atoms. The van der Waals surface area contributed by atoms with Crippen molar-refractivity contribution in [3.63, 3.8) is 0 Å². The van der Waals surface area contributed by atoms with Crippen molar-refractivity contribution in [2.24, 2.45) is 4.99 Å². The number of rotatable bonds is 1. The van der Waals surface area contributed by atoms with E-state index in [4.69, 9.17) is 0 Å². The zero-order valence-electron chi connectivity index (χ0n) is 6.16. The molecule has 0 fully saturated rings. The van der Waals surface area contributed by atoms with Crippen molar-refractivity contribution in [2.45, 2.75) is 13.1 Å². The Hall–Kier alpha value is -0.870. The smallest absolute Gasteiger partial charge is 0.144 e. The van der Waals surface area contributed by atoms with Gasteiger partial charge in [0.1, 0.15) is 12.0 Å². The second-order valence-electron chi connectivity index (χ2n) is 2.44. The van der Waals surface area contributed by atoms with Crippen LogP contribution in [0.4, 0.5) is 0 Å². The molecule has 0 saturated carbocycles. The van der Waals surface area contributed by atoms with E-state index in [9.17, 15) is 0 Å². The van der Waals surface area contributed by atoms with Crippen LogP contribution in [0.5, 0.6) is 0 Å². The van der Waals surface area contributed by atoms with E-state index >= 15 is 0 Å². The lowest BCUT2D eigenvalue weighted by molar-refractivity contribution is 0.576. The molecule has 4 heteroatoms. The van der Waals surface area contributed by atoms with Crippen LogP contribution < -0.4 is 10.9 Å². The number of hydrogen-bond donors (Lipinski definition) is 2. The summed E-state index contributed by atoms with van der Waals surface area (Å²) in [4.78, 5) is 4.33. The first-order chi connectivity index (χ1) is 5.36. The highest BCUT2D eigenvalue weighted by atomic mass is 32.1. The first-order valence-electron chi connectivity index (χ1n) is 3.44. The van der Waals surface area contributed by atoms with Crippen molar-refractivity contribution in [3.8, 4) is 0 Å². The van der Waals surface area contributed by atoms with E-state index in [-0.39, 0.29) is 6.17 Å². The van der Waals surface area contributed by atoms with Crippen molar-refractivity contribution in [1.82, 2.24) is 10.9 Å². The van der Waals surface area contributed by atoms with Crippen LogP contribution >= 0.6 is 11.3 Å². The van der Waals surface area contributed by atoms with Gasteiger partial charge in [0.15, 0.2) is 0 Å². The number of nitrogens with zero attached hydrogens (tertiary/aromatic N) is 1. The van der Waals surface area contributed by atoms with Crippen molar-refractivity contribution >= 4 is 17.2 Å². The van der Waals surface area contributed by atoms with E-state index in [2.05, 4.69) is 32.7 Å². The Labute approximate surface area is 69.1 Å². The molecule has 2 rings (SSSR count). The average Bonchev–Trinajstić information content (AvgIpc) is 2.55. The summed E-state index contributed by atoms with van der Waals surface area (Å²) in [6.07, 6.45) is 0.112. The number of aliphatic imine (C=N–C) groups is 1. The summed E-state index contributed by atoms with van der Waals surface area (Å²) in [5, 5.41) is 4.15. The Morgan fingerprint density at radius 1 is 1.64 bits per heavy atom. The Balaban J connectivity index is 2.20. The molecule has 0 bridgehead atoms. The van der Waals surface area contributed by atoms with Crippen LogP contribution in [0.2, 0.25) is 0 Å². The SMILES string of the molecule is CC1=NC(c2ccsc2)NN1. The minimum Gasteiger partial charge on any atom is -0.308 e. The number of nitrogens with one attached hydrogen (secondary N) is 2. The van der Waals surface area contributed by atoms with E-state index in [1.807, 2.05) is 6.92 Å². The quantitative estimate of drug-likeness (QED) is 0.661. The third-order valence-corrected chi connectivity index (χ3v) is 2.27. The Kier molecular flexibility index (Phi) is 1.63. The van der Waals surface area contributed by atoms with Crippen LogP contribution in [0, 0.1) is 0 Å². The largest absolute Gasteiger partial charge is 0.308 e. The van der Waals surface area contributed by atoms with E-state index in [0.717, 1.165) is 5.84 Å². The monoisotopic (exact) mass is 167 g/mol. The summed E-state index contributed by atoms with van der Waals surface area (Å²) in [7, 11) is 0. The topological polar surface area (TPSA) is 36.4 Å². The van der Waals surface area contributed by atoms with Gasteiger partial charge in [0.05, 0.1) is 0 Å². The lowest BCUT2D eigenvalue weighted by atomic mass is 10.3. The van der Waals surface area contributed by atoms with Gasteiger partial charge in [-0.3, -0.25) is 0 Å². The number of hydrazine groups is 1. The standard InChI is InChI=1S/C7H9N3S/c1-5-8-7(10-9-5)6-2-3-11-4-6/h2-4,7,10H,1H3,(H,8,9). The molecule has 1 aromatic rings. The van der Waals surface area contributed by atoms with Gasteiger partial charge in [0.25, 0.3) is 0 Å². The molecular formula is C7H9N3S. The summed E-state index contributed by atoms with van der Waals surface area (Å²) < 4.78 is 0. The number of thiophene rings is 1. The zero-order chi connectivity index (χ0) is 7.68. The Bertz CT molecular complexity index is 265. The fourth-order valence-corrected chi connectivity index (χ4v) is 1.70. The van der Waals surface area contributed by atoms with E-state index < -0.39 is 0 Å². The predicted molar refractivity (Wildman–Crippen MR) is 46.4 cm³/mol. The lowest BCUT2D eigenvalue weighted by Gasteiger charge is -2.02. The molecule has 58 valence electrons. The predicted octanol–water partition coefficient (Wildman–Crippen LogP) is 1.27. The van der Waals surface area contributed by atoms with Gasteiger partial charge < -0.3 is 5.43 Å². The summed E-state index contributed by atoms with van der Waals surface area (Å²) >= 11 is 1.69. The molecule has 0 saturated heterocycles. The molecule has 2 heterocycles. The van der Waals surface area contributed by atoms with E-state index in [1.165, 1.54) is 5.56 Å². The first-order valence-corrected chi connectivity index (χ1v) is 4.38. The molecule has 1 aromatic heterocycles. The van der Waals surface area contributed by atoms with Crippen LogP contribution in [-0.2, 0) is 0 Å². The van der Waals surface area contributed by atoms with Crippen molar-refractivity contribution in [3.05, 3.63) is 22.4 Å². The molecule has 2 N–H and O–H groups in total. The molecule has 1 unspecified atom stereocenters. The van der Waals surface area contributed by atoms with E-state index in [1.54, 1.807) is 11.3 Å². The van der Waals surface area contributed by atoms with Gasteiger partial charge in [-0.1, -0.05) is 0 Å². The normalized spacial score (nSPS) is 23.0. The average molecular weight is 167 g/mol. The third kappa shape index (κ3) is 1.27. The summed E-state index contributed by atoms with van der Waals surface area (Å²) in [6, 6.07) is 2.08. The summed E-state index contributed by atoms with van der Waals surface area (Å²) in [6.45, 7) is 1.94.